The van der Waals surface area contributed by atoms with Gasteiger partial charge in [-0.2, -0.15) is 0 Å². The van der Waals surface area contributed by atoms with Crippen LogP contribution in [0.3, 0.4) is 0 Å². The minimum atomic E-state index is -0.175. The predicted octanol–water partition coefficient (Wildman–Crippen LogP) is 8.73. The molecule has 4 aromatic carbocycles. The van der Waals surface area contributed by atoms with Gasteiger partial charge in [0.25, 0.3) is 0 Å². The average molecular weight is 696 g/mol. The maximum Gasteiger partial charge on any atom is 0.137 e. The molecule has 0 aromatic heterocycles. The molecule has 0 bridgehead atoms. The molecule has 0 amide bonds. The van der Waals surface area contributed by atoms with Crippen LogP contribution in [-0.2, 0) is 0 Å². The number of hydrogen-bond donors (Lipinski definition) is 0. The Morgan fingerprint density at radius 3 is 1.64 bits per heavy atom. The van der Waals surface area contributed by atoms with E-state index in [0.717, 1.165) is 59.6 Å². The molecule has 42 heavy (non-hydrogen) atoms. The maximum absolute atomic E-state index is 6.05. The van der Waals surface area contributed by atoms with E-state index in [2.05, 4.69) is 68.3 Å². The van der Waals surface area contributed by atoms with Crippen LogP contribution >= 0.6 is 31.9 Å². The van der Waals surface area contributed by atoms with Crippen LogP contribution in [0.2, 0.25) is 0 Å². The molecule has 1 aliphatic rings. The normalized spacial score (nSPS) is 16.6. The van der Waals surface area contributed by atoms with Gasteiger partial charge in [-0.1, -0.05) is 30.3 Å². The molecule has 218 valence electrons. The summed E-state index contributed by atoms with van der Waals surface area (Å²) < 4.78 is 36.0. The summed E-state index contributed by atoms with van der Waals surface area (Å²) in [5.41, 5.74) is 6.28. The molecule has 0 fully saturated rings. The van der Waals surface area contributed by atoms with Gasteiger partial charge in [0.2, 0.25) is 0 Å². The smallest absolute Gasteiger partial charge is 0.137 e. The van der Waals surface area contributed by atoms with E-state index >= 15 is 0 Å². The minimum absolute atomic E-state index is 0.138. The first-order chi connectivity index (χ1) is 20.4. The van der Waals surface area contributed by atoms with Gasteiger partial charge in [0.15, 0.2) is 0 Å². The average Bonchev–Trinajstić information content (AvgIpc) is 3.36. The highest BCUT2D eigenvalue weighted by Crippen LogP contribution is 2.62. The molecule has 0 N–H and O–H groups in total. The van der Waals surface area contributed by atoms with E-state index in [1.807, 2.05) is 36.4 Å². The summed E-state index contributed by atoms with van der Waals surface area (Å²) in [5.74, 6) is 4.06. The molecule has 0 saturated heterocycles. The van der Waals surface area contributed by atoms with Crippen LogP contribution in [0.5, 0.6) is 34.5 Å². The number of allylic oxidation sites excluding steroid dienone is 1. The van der Waals surface area contributed by atoms with Crippen molar-refractivity contribution >= 4 is 43.5 Å². The van der Waals surface area contributed by atoms with E-state index in [-0.39, 0.29) is 11.8 Å². The second-order valence-electron chi connectivity index (χ2n) is 9.72. The second-order valence-corrected chi connectivity index (χ2v) is 11.3. The van der Waals surface area contributed by atoms with Crippen molar-refractivity contribution in [2.75, 3.05) is 42.7 Å². The Bertz CT molecular complexity index is 1610. The number of ether oxygens (including phenoxy) is 6. The van der Waals surface area contributed by atoms with Crippen LogP contribution in [0.25, 0.3) is 11.6 Å². The van der Waals surface area contributed by atoms with E-state index in [1.54, 1.807) is 42.7 Å². The quantitative estimate of drug-likeness (QED) is 0.175. The summed E-state index contributed by atoms with van der Waals surface area (Å²) in [6.07, 6.45) is 2.22. The van der Waals surface area contributed by atoms with Gasteiger partial charge >= 0.3 is 0 Å². The molecule has 0 spiro atoms. The van der Waals surface area contributed by atoms with E-state index in [1.165, 1.54) is 0 Å². The Balaban J connectivity index is 1.90. The standard InChI is InChI=1S/C34H32Br2O6/c1-37-21-11-7-19(8-12-21)15-24-30(25-16-23(39-3)17-27(41-5)33(25)35)29(20-9-13-22(38-2)14-10-20)32-26(40-4)18-28(42-6)34(36)31(24)32/h7-18,29-30H,1-6H3/b24-15+/t29?,30-/m0/s1. The largest absolute Gasteiger partial charge is 0.497 e. The Hall–Kier alpha value is -3.62. The molecule has 8 heteroatoms. The molecule has 2 atom stereocenters. The van der Waals surface area contributed by atoms with Crippen molar-refractivity contribution in [3.8, 4) is 34.5 Å². The monoisotopic (exact) mass is 694 g/mol. The Kier molecular flexibility index (Phi) is 9.04. The van der Waals surface area contributed by atoms with Gasteiger partial charge in [0.1, 0.15) is 34.5 Å². The first-order valence-corrected chi connectivity index (χ1v) is 14.8. The topological polar surface area (TPSA) is 55.4 Å². The second kappa shape index (κ2) is 12.7. The third kappa shape index (κ3) is 5.34. The zero-order valence-electron chi connectivity index (χ0n) is 24.3. The van der Waals surface area contributed by atoms with Crippen molar-refractivity contribution < 1.29 is 28.4 Å². The number of fused-ring (bicyclic) bond motifs is 1. The number of rotatable bonds is 9. The van der Waals surface area contributed by atoms with Crippen LogP contribution in [0, 0.1) is 0 Å². The molecule has 0 heterocycles. The highest BCUT2D eigenvalue weighted by Gasteiger charge is 2.44. The number of hydrogen-bond acceptors (Lipinski definition) is 6. The van der Waals surface area contributed by atoms with Crippen molar-refractivity contribution in [1.29, 1.82) is 0 Å². The van der Waals surface area contributed by atoms with Crippen molar-refractivity contribution in [1.82, 2.24) is 0 Å². The molecule has 0 aliphatic heterocycles. The summed E-state index contributed by atoms with van der Waals surface area (Å²) in [6, 6.07) is 22.1. The van der Waals surface area contributed by atoms with E-state index in [0.29, 0.717) is 17.2 Å². The number of benzene rings is 4. The highest BCUT2D eigenvalue weighted by atomic mass is 79.9. The molecule has 1 unspecified atom stereocenters. The zero-order valence-corrected chi connectivity index (χ0v) is 27.5. The first-order valence-electron chi connectivity index (χ1n) is 13.2. The fourth-order valence-corrected chi connectivity index (χ4v) is 7.04. The van der Waals surface area contributed by atoms with Crippen molar-refractivity contribution in [3.63, 3.8) is 0 Å². The summed E-state index contributed by atoms with van der Waals surface area (Å²) in [4.78, 5) is 0. The van der Waals surface area contributed by atoms with Crippen molar-refractivity contribution in [3.05, 3.63) is 103 Å². The van der Waals surface area contributed by atoms with Crippen LogP contribution in [-0.4, -0.2) is 42.7 Å². The van der Waals surface area contributed by atoms with Gasteiger partial charge in [-0.15, -0.1) is 0 Å². The SMILES string of the molecule is COc1ccc(/C=C2/c3c(Br)c(OC)cc(OC)c3C(c3ccc(OC)cc3)[C@@H]2c2cc(OC)cc(OC)c2Br)cc1. The maximum atomic E-state index is 6.05. The molecule has 0 saturated carbocycles. The van der Waals surface area contributed by atoms with Gasteiger partial charge in [-0.05, 0) is 84.5 Å². The van der Waals surface area contributed by atoms with E-state index in [4.69, 9.17) is 28.4 Å². The summed E-state index contributed by atoms with van der Waals surface area (Å²) in [5, 5.41) is 0. The van der Waals surface area contributed by atoms with Gasteiger partial charge in [0.05, 0.1) is 51.6 Å². The van der Waals surface area contributed by atoms with Gasteiger partial charge < -0.3 is 28.4 Å². The zero-order chi connectivity index (χ0) is 30.0. The molecule has 0 radical (unpaired) electrons. The lowest BCUT2D eigenvalue weighted by atomic mass is 9.79. The molecule has 6 nitrogen and oxygen atoms in total. The number of halogens is 2. The summed E-state index contributed by atoms with van der Waals surface area (Å²) in [7, 11) is 10.0. The van der Waals surface area contributed by atoms with Gasteiger partial charge in [0, 0.05) is 35.1 Å². The molecule has 5 rings (SSSR count). The van der Waals surface area contributed by atoms with Crippen molar-refractivity contribution in [2.45, 2.75) is 11.8 Å². The van der Waals surface area contributed by atoms with E-state index < -0.39 is 0 Å². The lowest BCUT2D eigenvalue weighted by Gasteiger charge is -2.26. The Morgan fingerprint density at radius 1 is 0.548 bits per heavy atom. The molecule has 1 aliphatic carbocycles. The van der Waals surface area contributed by atoms with Gasteiger partial charge in [-0.3, -0.25) is 0 Å². The lowest BCUT2D eigenvalue weighted by Crippen LogP contribution is -2.10. The Labute approximate surface area is 263 Å². The van der Waals surface area contributed by atoms with Crippen LogP contribution in [0.1, 0.15) is 39.7 Å². The first kappa shape index (κ1) is 29.9. The molecular formula is C34H32Br2O6. The van der Waals surface area contributed by atoms with Gasteiger partial charge in [-0.25, -0.2) is 0 Å². The minimum Gasteiger partial charge on any atom is -0.497 e. The van der Waals surface area contributed by atoms with Crippen molar-refractivity contribution in [2.24, 2.45) is 0 Å². The van der Waals surface area contributed by atoms with Crippen LogP contribution < -0.4 is 28.4 Å². The van der Waals surface area contributed by atoms with Crippen LogP contribution in [0.4, 0.5) is 0 Å². The third-order valence-corrected chi connectivity index (χ3v) is 9.32. The molecular weight excluding hydrogens is 664 g/mol. The summed E-state index contributed by atoms with van der Waals surface area (Å²) in [6.45, 7) is 0. The van der Waals surface area contributed by atoms with E-state index in [9.17, 15) is 0 Å². The number of methoxy groups -OCH3 is 6. The highest BCUT2D eigenvalue weighted by molar-refractivity contribution is 9.11. The fourth-order valence-electron chi connectivity index (χ4n) is 5.68. The van der Waals surface area contributed by atoms with Crippen LogP contribution in [0.15, 0.2) is 75.7 Å². The predicted molar refractivity (Wildman–Crippen MR) is 173 cm³/mol. The fraction of sp³-hybridized carbons (Fsp3) is 0.235. The Morgan fingerprint density at radius 2 is 1.10 bits per heavy atom. The lowest BCUT2D eigenvalue weighted by molar-refractivity contribution is 0.388. The summed E-state index contributed by atoms with van der Waals surface area (Å²) >= 11 is 7.79. The third-order valence-electron chi connectivity index (χ3n) is 7.69. The molecule has 4 aromatic rings.